The number of anilines is 2. The fraction of sp³-hybridized carbons (Fsp3) is 0.115. The van der Waals surface area contributed by atoms with E-state index in [0.717, 1.165) is 15.6 Å². The Balaban J connectivity index is 1.41. The van der Waals surface area contributed by atoms with Gasteiger partial charge in [0.25, 0.3) is 5.91 Å². The molecule has 5 rings (SSSR count). The van der Waals surface area contributed by atoms with E-state index in [4.69, 9.17) is 9.47 Å². The third-order valence-corrected chi connectivity index (χ3v) is 6.17. The van der Waals surface area contributed by atoms with Crippen LogP contribution in [0.1, 0.15) is 21.6 Å². The molecule has 0 atom stereocenters. The van der Waals surface area contributed by atoms with E-state index in [-0.39, 0.29) is 12.5 Å². The van der Waals surface area contributed by atoms with Crippen molar-refractivity contribution in [3.8, 4) is 11.5 Å². The Morgan fingerprint density at radius 1 is 0.861 bits per heavy atom. The van der Waals surface area contributed by atoms with Crippen molar-refractivity contribution in [2.45, 2.75) is 13.8 Å². The highest BCUT2D eigenvalue weighted by Crippen LogP contribution is 2.34. The number of aromatic nitrogens is 1. The molecule has 1 aliphatic rings. The number of fused-ring (bicyclic) bond motifs is 2. The molecule has 0 saturated heterocycles. The fourth-order valence-corrected chi connectivity index (χ4v) is 4.31. The number of hydrogen-bond donors (Lipinski definition) is 3. The predicted molar refractivity (Wildman–Crippen MR) is 139 cm³/mol. The van der Waals surface area contributed by atoms with Crippen LogP contribution >= 0.6 is 15.9 Å². The molecule has 0 aliphatic carbocycles. The molecule has 1 aromatic heterocycles. The van der Waals surface area contributed by atoms with Crippen molar-refractivity contribution < 1.29 is 23.9 Å². The summed E-state index contributed by atoms with van der Waals surface area (Å²) in [6, 6.07) is 17.5. The number of halogens is 1. The van der Waals surface area contributed by atoms with E-state index < -0.39 is 17.7 Å². The van der Waals surface area contributed by atoms with Crippen LogP contribution in [0.4, 0.5) is 11.4 Å². The van der Waals surface area contributed by atoms with Gasteiger partial charge in [-0.3, -0.25) is 19.8 Å². The van der Waals surface area contributed by atoms with E-state index in [1.54, 1.807) is 36.4 Å². The lowest BCUT2D eigenvalue weighted by Crippen LogP contribution is -2.36. The van der Waals surface area contributed by atoms with Gasteiger partial charge in [-0.1, -0.05) is 33.6 Å². The van der Waals surface area contributed by atoms with E-state index in [9.17, 15) is 14.4 Å². The standard InChI is InChI=1S/C26H21BrN4O5/c1-14-3-6-19(15(2)9-14)29-24(32)21-11-16-10-17(27)4-7-20(16)31(21)30-26(34)25(33)28-18-5-8-22-23(12-18)36-13-35-22/h3-12H,13H2,1-2H3,(H,28,33)(H,29,32)(H,30,34). The molecule has 36 heavy (non-hydrogen) atoms. The first-order valence-electron chi connectivity index (χ1n) is 11.0. The lowest BCUT2D eigenvalue weighted by atomic mass is 10.1. The van der Waals surface area contributed by atoms with Gasteiger partial charge in [0.2, 0.25) is 6.79 Å². The number of rotatable bonds is 4. The maximum Gasteiger partial charge on any atom is 0.328 e. The number of carbonyl (C=O) groups is 3. The van der Waals surface area contributed by atoms with Crippen molar-refractivity contribution in [3.05, 3.63) is 82.0 Å². The zero-order chi connectivity index (χ0) is 25.4. The Kier molecular flexibility index (Phi) is 6.11. The molecule has 182 valence electrons. The van der Waals surface area contributed by atoms with Gasteiger partial charge >= 0.3 is 11.8 Å². The van der Waals surface area contributed by atoms with Gasteiger partial charge in [-0.25, -0.2) is 4.68 Å². The zero-order valence-electron chi connectivity index (χ0n) is 19.3. The highest BCUT2D eigenvalue weighted by Gasteiger charge is 2.22. The van der Waals surface area contributed by atoms with Crippen molar-refractivity contribution in [3.63, 3.8) is 0 Å². The molecule has 0 bridgehead atoms. The van der Waals surface area contributed by atoms with Gasteiger partial charge in [0, 0.05) is 27.3 Å². The van der Waals surface area contributed by atoms with Crippen LogP contribution in [0.15, 0.2) is 65.1 Å². The van der Waals surface area contributed by atoms with Crippen LogP contribution in [-0.2, 0) is 9.59 Å². The molecule has 0 unspecified atom stereocenters. The first kappa shape index (κ1) is 23.4. The Morgan fingerprint density at radius 3 is 2.47 bits per heavy atom. The largest absolute Gasteiger partial charge is 0.454 e. The maximum absolute atomic E-state index is 13.3. The van der Waals surface area contributed by atoms with E-state index in [0.29, 0.717) is 33.8 Å². The molecular formula is C26H21BrN4O5. The Morgan fingerprint density at radius 2 is 1.67 bits per heavy atom. The van der Waals surface area contributed by atoms with Crippen molar-refractivity contribution in [2.24, 2.45) is 0 Å². The maximum atomic E-state index is 13.3. The predicted octanol–water partition coefficient (Wildman–Crippen LogP) is 4.71. The number of ether oxygens (including phenoxy) is 2. The van der Waals surface area contributed by atoms with Crippen LogP contribution in [0.25, 0.3) is 10.9 Å². The third-order valence-electron chi connectivity index (χ3n) is 5.68. The summed E-state index contributed by atoms with van der Waals surface area (Å²) in [5.41, 5.74) is 6.25. The minimum Gasteiger partial charge on any atom is -0.454 e. The minimum absolute atomic E-state index is 0.0942. The van der Waals surface area contributed by atoms with Gasteiger partial charge in [0.05, 0.1) is 5.52 Å². The quantitative estimate of drug-likeness (QED) is 0.320. The summed E-state index contributed by atoms with van der Waals surface area (Å²) < 4.78 is 12.7. The molecule has 9 nitrogen and oxygen atoms in total. The highest BCUT2D eigenvalue weighted by molar-refractivity contribution is 9.10. The van der Waals surface area contributed by atoms with Crippen LogP contribution in [0.5, 0.6) is 11.5 Å². The normalized spacial score (nSPS) is 11.9. The number of benzene rings is 3. The molecule has 2 heterocycles. The number of nitrogens with one attached hydrogen (secondary N) is 3. The number of nitrogens with zero attached hydrogens (tertiary/aromatic N) is 1. The second-order valence-electron chi connectivity index (χ2n) is 8.30. The summed E-state index contributed by atoms with van der Waals surface area (Å²) in [6.45, 7) is 3.97. The zero-order valence-corrected chi connectivity index (χ0v) is 20.9. The Bertz CT molecular complexity index is 1550. The fourth-order valence-electron chi connectivity index (χ4n) is 3.93. The molecular weight excluding hydrogens is 528 g/mol. The monoisotopic (exact) mass is 548 g/mol. The number of hydrogen-bond acceptors (Lipinski definition) is 5. The van der Waals surface area contributed by atoms with Crippen molar-refractivity contribution in [1.29, 1.82) is 0 Å². The number of carbonyl (C=O) groups excluding carboxylic acids is 3. The summed E-state index contributed by atoms with van der Waals surface area (Å²) in [4.78, 5) is 38.8. The van der Waals surface area contributed by atoms with E-state index in [1.807, 2.05) is 38.1 Å². The van der Waals surface area contributed by atoms with Gasteiger partial charge in [-0.2, -0.15) is 0 Å². The van der Waals surface area contributed by atoms with Gasteiger partial charge < -0.3 is 20.1 Å². The van der Waals surface area contributed by atoms with Crippen molar-refractivity contribution in [1.82, 2.24) is 4.68 Å². The average molecular weight is 549 g/mol. The average Bonchev–Trinajstić information content (AvgIpc) is 3.44. The van der Waals surface area contributed by atoms with Crippen LogP contribution < -0.4 is 25.5 Å². The number of aryl methyl sites for hydroxylation is 2. The molecule has 0 radical (unpaired) electrons. The third kappa shape index (κ3) is 4.63. The molecule has 3 N–H and O–H groups in total. The van der Waals surface area contributed by atoms with Crippen LogP contribution in [-0.4, -0.2) is 29.2 Å². The first-order chi connectivity index (χ1) is 17.3. The van der Waals surface area contributed by atoms with E-state index in [2.05, 4.69) is 32.0 Å². The smallest absolute Gasteiger partial charge is 0.328 e. The number of amides is 3. The van der Waals surface area contributed by atoms with Crippen LogP contribution in [0, 0.1) is 13.8 Å². The topological polar surface area (TPSA) is 111 Å². The molecule has 10 heteroatoms. The lowest BCUT2D eigenvalue weighted by Gasteiger charge is -2.14. The highest BCUT2D eigenvalue weighted by atomic mass is 79.9. The second kappa shape index (κ2) is 9.38. The molecule has 1 aliphatic heterocycles. The van der Waals surface area contributed by atoms with Crippen molar-refractivity contribution in [2.75, 3.05) is 22.9 Å². The summed E-state index contributed by atoms with van der Waals surface area (Å²) >= 11 is 3.43. The SMILES string of the molecule is Cc1ccc(NC(=O)c2cc3cc(Br)ccc3n2NC(=O)C(=O)Nc2ccc3c(c2)OCO3)c(C)c1. The summed E-state index contributed by atoms with van der Waals surface area (Å²) in [7, 11) is 0. The van der Waals surface area contributed by atoms with Gasteiger partial charge in [-0.05, 0) is 61.9 Å². The minimum atomic E-state index is -0.950. The van der Waals surface area contributed by atoms with Gasteiger partial charge in [0.15, 0.2) is 11.5 Å². The molecule has 0 spiro atoms. The summed E-state index contributed by atoms with van der Waals surface area (Å²) in [6.07, 6.45) is 0. The molecule has 4 aromatic rings. The Hall–Kier alpha value is -4.31. The van der Waals surface area contributed by atoms with Crippen LogP contribution in [0.2, 0.25) is 0 Å². The first-order valence-corrected chi connectivity index (χ1v) is 11.8. The Labute approximate surface area is 214 Å². The molecule has 3 amide bonds. The summed E-state index contributed by atoms with van der Waals surface area (Å²) in [5, 5.41) is 6.12. The van der Waals surface area contributed by atoms with Crippen molar-refractivity contribution >= 4 is 55.9 Å². The van der Waals surface area contributed by atoms with Crippen LogP contribution in [0.3, 0.4) is 0 Å². The van der Waals surface area contributed by atoms with Gasteiger partial charge in [-0.15, -0.1) is 0 Å². The summed E-state index contributed by atoms with van der Waals surface area (Å²) in [5.74, 6) is -1.27. The van der Waals surface area contributed by atoms with Gasteiger partial charge in [0.1, 0.15) is 5.69 Å². The van der Waals surface area contributed by atoms with E-state index >= 15 is 0 Å². The lowest BCUT2D eigenvalue weighted by molar-refractivity contribution is -0.133. The molecule has 0 fully saturated rings. The van der Waals surface area contributed by atoms with E-state index in [1.165, 1.54) is 4.68 Å². The second-order valence-corrected chi connectivity index (χ2v) is 9.22. The molecule has 0 saturated carbocycles. The molecule has 3 aromatic carbocycles.